The monoisotopic (exact) mass is 601 g/mol. The first kappa shape index (κ1) is 30.7. The lowest BCUT2D eigenvalue weighted by atomic mass is 9.98. The molecule has 2 amide bonds. The van der Waals surface area contributed by atoms with Gasteiger partial charge in [-0.3, -0.25) is 0 Å². The van der Waals surface area contributed by atoms with Crippen LogP contribution in [0.15, 0.2) is 72.8 Å². The van der Waals surface area contributed by atoms with Gasteiger partial charge >= 0.3 is 6.03 Å². The number of ether oxygens (including phenoxy) is 4. The summed E-state index contributed by atoms with van der Waals surface area (Å²) in [6.07, 6.45) is 1.85. The van der Waals surface area contributed by atoms with Crippen molar-refractivity contribution in [3.63, 3.8) is 0 Å². The fourth-order valence-corrected chi connectivity index (χ4v) is 6.28. The third-order valence-electron chi connectivity index (χ3n) is 8.74. The molecule has 3 saturated heterocycles. The third-order valence-corrected chi connectivity index (χ3v) is 8.74. The van der Waals surface area contributed by atoms with Crippen molar-refractivity contribution in [3.05, 3.63) is 95.1 Å². The maximum Gasteiger partial charge on any atom is 0.315 e. The number of hydrogen-bond acceptors (Lipinski definition) is 7. The fraction of sp³-hybridized carbons (Fsp3) is 0.457. The topological polar surface area (TPSA) is 102 Å². The number of likely N-dealkylation sites (tertiary alicyclic amines) is 1. The van der Waals surface area contributed by atoms with Gasteiger partial charge in [0, 0.05) is 57.5 Å². The van der Waals surface area contributed by atoms with Crippen molar-refractivity contribution in [1.82, 2.24) is 15.5 Å². The van der Waals surface area contributed by atoms with E-state index < -0.39 is 12.1 Å². The highest BCUT2D eigenvalue weighted by Crippen LogP contribution is 2.39. The van der Waals surface area contributed by atoms with Gasteiger partial charge in [0.15, 0.2) is 12.1 Å². The molecule has 234 valence electrons. The molecule has 0 radical (unpaired) electrons. The second-order valence-corrected chi connectivity index (χ2v) is 11.8. The number of aliphatic hydroxyl groups excluding tert-OH is 1. The van der Waals surface area contributed by atoms with E-state index in [0.29, 0.717) is 26.3 Å². The van der Waals surface area contributed by atoms with Crippen LogP contribution in [0.3, 0.4) is 0 Å². The fourth-order valence-electron chi connectivity index (χ4n) is 6.28. The van der Waals surface area contributed by atoms with Gasteiger partial charge in [0.05, 0.1) is 32.0 Å². The Morgan fingerprint density at radius 1 is 0.886 bits per heavy atom. The molecule has 3 aliphatic rings. The number of carbonyl (C=O) groups excluding carboxylic acids is 1. The minimum Gasteiger partial charge on any atom is -0.392 e. The van der Waals surface area contributed by atoms with Crippen molar-refractivity contribution in [2.24, 2.45) is 0 Å². The Morgan fingerprint density at radius 2 is 1.61 bits per heavy atom. The van der Waals surface area contributed by atoms with Crippen molar-refractivity contribution in [2.75, 3.05) is 39.4 Å². The van der Waals surface area contributed by atoms with Gasteiger partial charge in [-0.05, 0) is 40.8 Å². The van der Waals surface area contributed by atoms with Crippen molar-refractivity contribution in [2.45, 2.75) is 63.6 Å². The van der Waals surface area contributed by atoms with Gasteiger partial charge in [-0.25, -0.2) is 4.79 Å². The van der Waals surface area contributed by atoms with Crippen LogP contribution in [-0.4, -0.2) is 67.3 Å². The van der Waals surface area contributed by atoms with E-state index in [0.717, 1.165) is 72.3 Å². The van der Waals surface area contributed by atoms with Crippen molar-refractivity contribution < 1.29 is 28.8 Å². The van der Waals surface area contributed by atoms with E-state index in [4.69, 9.17) is 18.9 Å². The Morgan fingerprint density at radius 3 is 2.32 bits per heavy atom. The minimum absolute atomic E-state index is 0.00972. The van der Waals surface area contributed by atoms with Crippen LogP contribution in [0, 0.1) is 0 Å². The number of urea groups is 1. The largest absolute Gasteiger partial charge is 0.392 e. The standard InChI is InChI=1S/C35H43N3O6/c1-2-36-34(40)37-22-26-4-3-5-30(20-26)27-10-12-29(13-11-27)33-43-31(21-32(44-33)28-8-6-25(24-39)7-9-28)23-38-16-14-35(15-17-38)41-18-19-42-35/h3-13,20,31-33,39H,2,14-19,21-24H2,1H3,(H2,36,37,40)/t31-,32+,33+/m1/s1. The SMILES string of the molecule is CCNC(=O)NCc1cccc(-c2ccc([C@H]3O[C@@H](CN4CCC5(CC4)OCCO5)C[C@@H](c4ccc(CO)cc4)O3)cc2)c1. The molecule has 0 bridgehead atoms. The lowest BCUT2D eigenvalue weighted by Crippen LogP contribution is -2.48. The molecule has 3 fully saturated rings. The molecule has 44 heavy (non-hydrogen) atoms. The highest BCUT2D eigenvalue weighted by atomic mass is 16.7. The summed E-state index contributed by atoms with van der Waals surface area (Å²) in [7, 11) is 0. The van der Waals surface area contributed by atoms with Crippen LogP contribution in [0.25, 0.3) is 11.1 Å². The molecule has 3 aliphatic heterocycles. The third kappa shape index (κ3) is 7.48. The zero-order valence-electron chi connectivity index (χ0n) is 25.4. The quantitative estimate of drug-likeness (QED) is 0.316. The van der Waals surface area contributed by atoms with Crippen molar-refractivity contribution in [3.8, 4) is 11.1 Å². The molecule has 1 spiro atoms. The molecule has 0 aromatic heterocycles. The summed E-state index contributed by atoms with van der Waals surface area (Å²) in [6, 6.07) is 24.4. The van der Waals surface area contributed by atoms with E-state index >= 15 is 0 Å². The van der Waals surface area contributed by atoms with E-state index in [-0.39, 0.29) is 24.8 Å². The summed E-state index contributed by atoms with van der Waals surface area (Å²) in [5, 5.41) is 15.2. The van der Waals surface area contributed by atoms with Gasteiger partial charge in [0.25, 0.3) is 0 Å². The van der Waals surface area contributed by atoms with Crippen LogP contribution >= 0.6 is 0 Å². The molecule has 3 heterocycles. The molecule has 3 atom stereocenters. The number of nitrogens with one attached hydrogen (secondary N) is 2. The minimum atomic E-state index is -0.504. The van der Waals surface area contributed by atoms with Crippen LogP contribution in [0.4, 0.5) is 4.79 Å². The van der Waals surface area contributed by atoms with Crippen LogP contribution in [0.5, 0.6) is 0 Å². The predicted octanol–water partition coefficient (Wildman–Crippen LogP) is 5.05. The molecule has 3 N–H and O–H groups in total. The van der Waals surface area contributed by atoms with Gasteiger partial charge in [-0.1, -0.05) is 66.7 Å². The van der Waals surface area contributed by atoms with Crippen molar-refractivity contribution in [1.29, 1.82) is 0 Å². The van der Waals surface area contributed by atoms with E-state index in [1.54, 1.807) is 0 Å². The Balaban J connectivity index is 1.15. The molecule has 3 aromatic carbocycles. The second-order valence-electron chi connectivity index (χ2n) is 11.8. The van der Waals surface area contributed by atoms with Gasteiger partial charge in [-0.2, -0.15) is 0 Å². The molecule has 6 rings (SSSR count). The molecule has 0 saturated carbocycles. The van der Waals surface area contributed by atoms with E-state index in [9.17, 15) is 9.90 Å². The molecular weight excluding hydrogens is 558 g/mol. The molecule has 9 heteroatoms. The summed E-state index contributed by atoms with van der Waals surface area (Å²) in [5.74, 6) is -0.395. The Bertz CT molecular complexity index is 1370. The number of piperidine rings is 1. The molecule has 0 aliphatic carbocycles. The number of amides is 2. The number of rotatable bonds is 9. The average Bonchev–Trinajstić information content (AvgIpc) is 3.53. The first-order valence-electron chi connectivity index (χ1n) is 15.7. The van der Waals surface area contributed by atoms with Crippen LogP contribution in [-0.2, 0) is 32.1 Å². The predicted molar refractivity (Wildman–Crippen MR) is 167 cm³/mol. The van der Waals surface area contributed by atoms with E-state index in [1.165, 1.54) is 0 Å². The molecule has 3 aromatic rings. The number of carbonyl (C=O) groups is 1. The number of nitrogens with zero attached hydrogens (tertiary/aromatic N) is 1. The normalized spacial score (nSPS) is 23.5. The summed E-state index contributed by atoms with van der Waals surface area (Å²) in [6.45, 7) is 6.96. The lowest BCUT2D eigenvalue weighted by Gasteiger charge is -2.41. The number of aliphatic hydroxyl groups is 1. The van der Waals surface area contributed by atoms with E-state index in [1.807, 2.05) is 43.3 Å². The van der Waals surface area contributed by atoms with Gasteiger partial charge < -0.3 is 39.6 Å². The number of benzene rings is 3. The van der Waals surface area contributed by atoms with Crippen LogP contribution in [0.1, 0.15) is 60.8 Å². The highest BCUT2D eigenvalue weighted by Gasteiger charge is 2.41. The smallest absolute Gasteiger partial charge is 0.315 e. The Kier molecular flexibility index (Phi) is 9.91. The zero-order valence-corrected chi connectivity index (χ0v) is 25.4. The Hall–Kier alpha value is -3.31. The Labute approximate surface area is 259 Å². The second kappa shape index (κ2) is 14.2. The maximum absolute atomic E-state index is 11.8. The van der Waals surface area contributed by atoms with Gasteiger partial charge in [0.2, 0.25) is 0 Å². The first-order valence-corrected chi connectivity index (χ1v) is 15.7. The summed E-state index contributed by atoms with van der Waals surface area (Å²) < 4.78 is 25.1. The van der Waals surface area contributed by atoms with Crippen LogP contribution in [0.2, 0.25) is 0 Å². The summed E-state index contributed by atoms with van der Waals surface area (Å²) >= 11 is 0. The average molecular weight is 602 g/mol. The zero-order chi connectivity index (χ0) is 30.4. The maximum atomic E-state index is 11.8. The lowest BCUT2D eigenvalue weighted by molar-refractivity contribution is -0.255. The van der Waals surface area contributed by atoms with Crippen molar-refractivity contribution >= 4 is 6.03 Å². The molecular formula is C35H43N3O6. The summed E-state index contributed by atoms with van der Waals surface area (Å²) in [5.41, 5.74) is 6.12. The first-order chi connectivity index (χ1) is 21.5. The highest BCUT2D eigenvalue weighted by molar-refractivity contribution is 5.73. The van der Waals surface area contributed by atoms with Crippen LogP contribution < -0.4 is 10.6 Å². The molecule has 9 nitrogen and oxygen atoms in total. The van der Waals surface area contributed by atoms with Gasteiger partial charge in [0.1, 0.15) is 0 Å². The number of hydrogen-bond donors (Lipinski definition) is 3. The van der Waals surface area contributed by atoms with Gasteiger partial charge in [-0.15, -0.1) is 0 Å². The van der Waals surface area contributed by atoms with E-state index in [2.05, 4.69) is 51.9 Å². The summed E-state index contributed by atoms with van der Waals surface area (Å²) in [4.78, 5) is 14.3. The molecule has 0 unspecified atom stereocenters.